The molecule has 0 aromatic rings. The van der Waals surface area contributed by atoms with E-state index in [0.717, 1.165) is 25.8 Å². The van der Waals surface area contributed by atoms with Crippen molar-refractivity contribution in [3.63, 3.8) is 0 Å². The van der Waals surface area contributed by atoms with Crippen molar-refractivity contribution in [2.75, 3.05) is 6.54 Å². The molecule has 1 N–H and O–H groups in total. The average Bonchev–Trinajstić information content (AvgIpc) is 2.02. The molecule has 1 saturated carbocycles. The molecule has 0 aromatic carbocycles. The molecule has 0 spiro atoms. The van der Waals surface area contributed by atoms with Gasteiger partial charge in [0.25, 0.3) is 0 Å². The predicted molar refractivity (Wildman–Crippen MR) is 52.4 cm³/mol. The first kappa shape index (κ1) is 9.45. The second-order valence-corrected chi connectivity index (χ2v) is 5.44. The Bertz CT molecular complexity index is 191. The van der Waals surface area contributed by atoms with E-state index in [0.29, 0.717) is 17.4 Å². The van der Waals surface area contributed by atoms with E-state index in [-0.39, 0.29) is 0 Å². The van der Waals surface area contributed by atoms with Gasteiger partial charge >= 0.3 is 0 Å². The van der Waals surface area contributed by atoms with Gasteiger partial charge in [-0.15, -0.1) is 0 Å². The molecule has 76 valence electrons. The minimum atomic E-state index is -0.539. The number of fused-ring (bicyclic) bond motifs is 1. The van der Waals surface area contributed by atoms with Gasteiger partial charge in [0, 0.05) is 12.0 Å². The van der Waals surface area contributed by atoms with Gasteiger partial charge in [0.05, 0.1) is 0 Å². The van der Waals surface area contributed by atoms with Gasteiger partial charge in [-0.1, -0.05) is 13.8 Å². The van der Waals surface area contributed by atoms with E-state index < -0.39 is 6.17 Å². The van der Waals surface area contributed by atoms with Crippen molar-refractivity contribution < 1.29 is 4.39 Å². The molecule has 1 heterocycles. The van der Waals surface area contributed by atoms with Crippen molar-refractivity contribution >= 4 is 0 Å². The van der Waals surface area contributed by atoms with Crippen LogP contribution in [0.5, 0.6) is 0 Å². The summed E-state index contributed by atoms with van der Waals surface area (Å²) in [5.74, 6) is 0.307. The number of piperidine rings is 1. The lowest BCUT2D eigenvalue weighted by Crippen LogP contribution is -2.51. The summed E-state index contributed by atoms with van der Waals surface area (Å²) in [6.07, 6.45) is 3.60. The van der Waals surface area contributed by atoms with Crippen molar-refractivity contribution in [1.29, 1.82) is 0 Å². The fraction of sp³-hybridized carbons (Fsp3) is 1.00. The Morgan fingerprint density at radius 3 is 2.85 bits per heavy atom. The Labute approximate surface area is 80.1 Å². The second kappa shape index (κ2) is 3.23. The lowest BCUT2D eigenvalue weighted by atomic mass is 9.67. The molecule has 13 heavy (non-hydrogen) atoms. The van der Waals surface area contributed by atoms with Crippen LogP contribution in [0, 0.1) is 11.3 Å². The molecule has 2 aliphatic rings. The van der Waals surface area contributed by atoms with E-state index in [1.807, 2.05) is 0 Å². The molecule has 1 aliphatic heterocycles. The largest absolute Gasteiger partial charge is 0.313 e. The smallest absolute Gasteiger partial charge is 0.106 e. The first-order valence-electron chi connectivity index (χ1n) is 5.46. The number of nitrogens with one attached hydrogen (secondary N) is 1. The van der Waals surface area contributed by atoms with Crippen LogP contribution in [0.25, 0.3) is 0 Å². The highest BCUT2D eigenvalue weighted by Crippen LogP contribution is 2.41. The van der Waals surface area contributed by atoms with E-state index in [1.54, 1.807) is 0 Å². The average molecular weight is 185 g/mol. The van der Waals surface area contributed by atoms with E-state index >= 15 is 0 Å². The molecule has 1 aliphatic carbocycles. The lowest BCUT2D eigenvalue weighted by molar-refractivity contribution is 0.0524. The van der Waals surface area contributed by atoms with E-state index in [2.05, 4.69) is 19.2 Å². The van der Waals surface area contributed by atoms with Gasteiger partial charge in [-0.05, 0) is 37.6 Å². The topological polar surface area (TPSA) is 12.0 Å². The highest BCUT2D eigenvalue weighted by Gasteiger charge is 2.40. The first-order chi connectivity index (χ1) is 6.08. The van der Waals surface area contributed by atoms with Gasteiger partial charge < -0.3 is 5.32 Å². The van der Waals surface area contributed by atoms with Crippen LogP contribution >= 0.6 is 0 Å². The molecule has 0 aromatic heterocycles. The molecule has 3 unspecified atom stereocenters. The van der Waals surface area contributed by atoms with Crippen molar-refractivity contribution in [1.82, 2.24) is 5.32 Å². The minimum Gasteiger partial charge on any atom is -0.313 e. The zero-order chi connectivity index (χ0) is 9.47. The summed E-state index contributed by atoms with van der Waals surface area (Å²) in [4.78, 5) is 0. The third-order valence-electron chi connectivity index (χ3n) is 3.73. The third kappa shape index (κ3) is 1.88. The second-order valence-electron chi connectivity index (χ2n) is 5.44. The maximum absolute atomic E-state index is 13.5. The van der Waals surface area contributed by atoms with Crippen LogP contribution in [0.2, 0.25) is 0 Å². The summed E-state index contributed by atoms with van der Waals surface area (Å²) >= 11 is 0. The Kier molecular flexibility index (Phi) is 2.35. The summed E-state index contributed by atoms with van der Waals surface area (Å²) in [5.41, 5.74) is 0.422. The van der Waals surface area contributed by atoms with Gasteiger partial charge in [-0.25, -0.2) is 4.39 Å². The fourth-order valence-electron chi connectivity index (χ4n) is 2.88. The quantitative estimate of drug-likeness (QED) is 0.611. The van der Waals surface area contributed by atoms with Gasteiger partial charge in [0.15, 0.2) is 0 Å². The zero-order valence-electron chi connectivity index (χ0n) is 8.65. The normalized spacial score (nSPS) is 44.1. The Morgan fingerprint density at radius 1 is 1.31 bits per heavy atom. The molecule has 2 heteroatoms. The lowest BCUT2D eigenvalue weighted by Gasteiger charge is -2.45. The van der Waals surface area contributed by atoms with Gasteiger partial charge in [-0.2, -0.15) is 0 Å². The van der Waals surface area contributed by atoms with Crippen LogP contribution in [0.4, 0.5) is 4.39 Å². The van der Waals surface area contributed by atoms with Gasteiger partial charge in [0.2, 0.25) is 0 Å². The molecular formula is C11H20FN. The van der Waals surface area contributed by atoms with Gasteiger partial charge in [-0.3, -0.25) is 0 Å². The highest BCUT2D eigenvalue weighted by molar-refractivity contribution is 4.95. The van der Waals surface area contributed by atoms with Crippen molar-refractivity contribution in [2.45, 2.75) is 51.7 Å². The van der Waals surface area contributed by atoms with Crippen molar-refractivity contribution in [3.8, 4) is 0 Å². The molecule has 2 rings (SSSR count). The van der Waals surface area contributed by atoms with Crippen LogP contribution < -0.4 is 5.32 Å². The fourth-order valence-corrected chi connectivity index (χ4v) is 2.88. The number of halogens is 1. The molecule has 0 amide bonds. The molecule has 0 radical (unpaired) electrons. The van der Waals surface area contributed by atoms with Crippen LogP contribution in [-0.4, -0.2) is 18.8 Å². The van der Waals surface area contributed by atoms with Crippen molar-refractivity contribution in [2.24, 2.45) is 11.3 Å². The molecular weight excluding hydrogens is 165 g/mol. The van der Waals surface area contributed by atoms with Crippen LogP contribution in [0.1, 0.15) is 39.5 Å². The van der Waals surface area contributed by atoms with Crippen LogP contribution in [0.3, 0.4) is 0 Å². The predicted octanol–water partition coefficient (Wildman–Crippen LogP) is 2.51. The van der Waals surface area contributed by atoms with E-state index in [1.165, 1.54) is 6.42 Å². The molecule has 2 fully saturated rings. The maximum Gasteiger partial charge on any atom is 0.106 e. The molecule has 1 saturated heterocycles. The monoisotopic (exact) mass is 185 g/mol. The number of hydrogen-bond donors (Lipinski definition) is 1. The molecule has 1 nitrogen and oxygen atoms in total. The van der Waals surface area contributed by atoms with E-state index in [4.69, 9.17) is 0 Å². The molecule has 3 atom stereocenters. The Balaban J connectivity index is 2.04. The van der Waals surface area contributed by atoms with Crippen LogP contribution in [0.15, 0.2) is 0 Å². The minimum absolute atomic E-state index is 0.307. The number of alkyl halides is 1. The Morgan fingerprint density at radius 2 is 2.08 bits per heavy atom. The SMILES string of the molecule is CC1(C)CCC2C(F)CCNC2C1. The summed E-state index contributed by atoms with van der Waals surface area (Å²) in [5, 5.41) is 3.47. The summed E-state index contributed by atoms with van der Waals surface area (Å²) in [7, 11) is 0. The van der Waals surface area contributed by atoms with Crippen molar-refractivity contribution in [3.05, 3.63) is 0 Å². The number of hydrogen-bond acceptors (Lipinski definition) is 1. The molecule has 0 bridgehead atoms. The first-order valence-corrected chi connectivity index (χ1v) is 5.46. The zero-order valence-corrected chi connectivity index (χ0v) is 8.65. The highest BCUT2D eigenvalue weighted by atomic mass is 19.1. The summed E-state index contributed by atoms with van der Waals surface area (Å²) < 4.78 is 13.5. The Hall–Kier alpha value is -0.110. The maximum atomic E-state index is 13.5. The standard InChI is InChI=1S/C11H20FN/c1-11(2)5-3-8-9(12)4-6-13-10(8)7-11/h8-10,13H,3-7H2,1-2H3. The van der Waals surface area contributed by atoms with Crippen LogP contribution in [-0.2, 0) is 0 Å². The summed E-state index contributed by atoms with van der Waals surface area (Å²) in [6.45, 7) is 5.47. The van der Waals surface area contributed by atoms with Gasteiger partial charge in [0.1, 0.15) is 6.17 Å². The summed E-state index contributed by atoms with van der Waals surface area (Å²) in [6, 6.07) is 0.451. The third-order valence-corrected chi connectivity index (χ3v) is 3.73. The number of rotatable bonds is 0. The van der Waals surface area contributed by atoms with E-state index in [9.17, 15) is 4.39 Å².